The summed E-state index contributed by atoms with van der Waals surface area (Å²) in [4.78, 5) is 13.6. The van der Waals surface area contributed by atoms with Gasteiger partial charge in [0.05, 0.1) is 6.67 Å². The summed E-state index contributed by atoms with van der Waals surface area (Å²) in [6, 6.07) is 9.88. The number of nitrogens with one attached hydrogen (secondary N) is 1. The Kier molecular flexibility index (Phi) is 5.80. The van der Waals surface area contributed by atoms with Crippen molar-refractivity contribution in [2.75, 3.05) is 26.3 Å². The number of hydrogen-bond acceptors (Lipinski definition) is 3. The molecule has 0 unspecified atom stereocenters. The van der Waals surface area contributed by atoms with E-state index in [0.717, 1.165) is 12.0 Å². The van der Waals surface area contributed by atoms with Crippen molar-refractivity contribution in [1.82, 2.24) is 10.2 Å². The SMILES string of the molecule is O=C(OCc1ccccc1)N1CC[C@H](NCCCF)C1. The predicted molar refractivity (Wildman–Crippen MR) is 75.2 cm³/mol. The Morgan fingerprint density at radius 1 is 1.40 bits per heavy atom. The first kappa shape index (κ1) is 14.8. The van der Waals surface area contributed by atoms with E-state index in [2.05, 4.69) is 5.32 Å². The van der Waals surface area contributed by atoms with Crippen molar-refractivity contribution in [3.05, 3.63) is 35.9 Å². The Hall–Kier alpha value is -1.62. The number of carbonyl (C=O) groups is 1. The van der Waals surface area contributed by atoms with Crippen LogP contribution in [0.4, 0.5) is 9.18 Å². The maximum atomic E-state index is 12.0. The van der Waals surface area contributed by atoms with Crippen molar-refractivity contribution in [1.29, 1.82) is 0 Å². The van der Waals surface area contributed by atoms with Crippen LogP contribution in [0.1, 0.15) is 18.4 Å². The standard InChI is InChI=1S/C15H21FN2O2/c16-8-4-9-17-14-7-10-18(11-14)15(19)20-12-13-5-2-1-3-6-13/h1-3,5-6,14,17H,4,7-12H2/t14-/m0/s1. The van der Waals surface area contributed by atoms with Crippen LogP contribution in [-0.2, 0) is 11.3 Å². The van der Waals surface area contributed by atoms with Gasteiger partial charge in [0.2, 0.25) is 0 Å². The van der Waals surface area contributed by atoms with Crippen molar-refractivity contribution >= 4 is 6.09 Å². The number of alkyl halides is 1. The zero-order chi connectivity index (χ0) is 14.2. The lowest BCUT2D eigenvalue weighted by Gasteiger charge is -2.17. The lowest BCUT2D eigenvalue weighted by molar-refractivity contribution is 0.103. The van der Waals surface area contributed by atoms with Crippen LogP contribution in [0.5, 0.6) is 0 Å². The molecule has 0 bridgehead atoms. The monoisotopic (exact) mass is 280 g/mol. The highest BCUT2D eigenvalue weighted by molar-refractivity contribution is 5.68. The molecule has 1 fully saturated rings. The predicted octanol–water partition coefficient (Wildman–Crippen LogP) is 2.35. The van der Waals surface area contributed by atoms with Crippen molar-refractivity contribution in [3.63, 3.8) is 0 Å². The van der Waals surface area contributed by atoms with Crippen molar-refractivity contribution in [2.45, 2.75) is 25.5 Å². The summed E-state index contributed by atoms with van der Waals surface area (Å²) in [6.45, 7) is 1.99. The Morgan fingerprint density at radius 2 is 2.20 bits per heavy atom. The summed E-state index contributed by atoms with van der Waals surface area (Å²) in [6.07, 6.45) is 1.14. The Labute approximate surface area is 118 Å². The smallest absolute Gasteiger partial charge is 0.410 e. The molecule has 1 aromatic rings. The average Bonchev–Trinajstić information content (AvgIpc) is 2.95. The normalized spacial score (nSPS) is 18.2. The van der Waals surface area contributed by atoms with Gasteiger partial charge < -0.3 is 15.0 Å². The van der Waals surface area contributed by atoms with Crippen molar-refractivity contribution < 1.29 is 13.9 Å². The second-order valence-corrected chi connectivity index (χ2v) is 4.97. The van der Waals surface area contributed by atoms with E-state index in [-0.39, 0.29) is 18.8 Å². The fourth-order valence-electron chi connectivity index (χ4n) is 2.28. The van der Waals surface area contributed by atoms with E-state index < -0.39 is 0 Å². The summed E-state index contributed by atoms with van der Waals surface area (Å²) in [5, 5.41) is 3.25. The summed E-state index contributed by atoms with van der Waals surface area (Å²) in [7, 11) is 0. The number of amides is 1. The van der Waals surface area contributed by atoms with Gasteiger partial charge in [-0.15, -0.1) is 0 Å². The third-order valence-electron chi connectivity index (χ3n) is 3.40. The number of ether oxygens (including phenoxy) is 1. The largest absolute Gasteiger partial charge is 0.445 e. The molecule has 110 valence electrons. The van der Waals surface area contributed by atoms with Crippen LogP contribution in [-0.4, -0.2) is 43.3 Å². The molecule has 1 aromatic carbocycles. The van der Waals surface area contributed by atoms with Crippen LogP contribution in [0.3, 0.4) is 0 Å². The molecule has 5 heteroatoms. The zero-order valence-corrected chi connectivity index (χ0v) is 11.6. The molecule has 20 heavy (non-hydrogen) atoms. The summed E-state index contributed by atoms with van der Waals surface area (Å²) in [5.41, 5.74) is 0.984. The lowest BCUT2D eigenvalue weighted by Crippen LogP contribution is -2.35. The third-order valence-corrected chi connectivity index (χ3v) is 3.40. The van der Waals surface area contributed by atoms with Crippen LogP contribution in [0.25, 0.3) is 0 Å². The highest BCUT2D eigenvalue weighted by Crippen LogP contribution is 2.11. The van der Waals surface area contributed by atoms with Gasteiger partial charge in [0.25, 0.3) is 0 Å². The molecule has 1 aliphatic rings. The second-order valence-electron chi connectivity index (χ2n) is 4.97. The zero-order valence-electron chi connectivity index (χ0n) is 11.6. The molecule has 1 saturated heterocycles. The number of halogens is 1. The number of rotatable bonds is 6. The summed E-state index contributed by atoms with van der Waals surface area (Å²) in [5.74, 6) is 0. The minimum atomic E-state index is -0.303. The lowest BCUT2D eigenvalue weighted by atomic mass is 10.2. The first-order valence-corrected chi connectivity index (χ1v) is 7.04. The van der Waals surface area contributed by atoms with E-state index in [1.807, 2.05) is 30.3 Å². The molecule has 0 aliphatic carbocycles. The molecule has 1 aliphatic heterocycles. The minimum absolute atomic E-state index is 0.255. The van der Waals surface area contributed by atoms with E-state index in [0.29, 0.717) is 32.7 Å². The number of likely N-dealkylation sites (tertiary alicyclic amines) is 1. The van der Waals surface area contributed by atoms with Gasteiger partial charge in [-0.3, -0.25) is 4.39 Å². The average molecular weight is 280 g/mol. The van der Waals surface area contributed by atoms with Gasteiger partial charge in [-0.25, -0.2) is 4.79 Å². The maximum Gasteiger partial charge on any atom is 0.410 e. The van der Waals surface area contributed by atoms with E-state index in [1.165, 1.54) is 0 Å². The first-order valence-electron chi connectivity index (χ1n) is 7.04. The maximum absolute atomic E-state index is 12.0. The van der Waals surface area contributed by atoms with Crippen molar-refractivity contribution in [3.8, 4) is 0 Å². The summed E-state index contributed by atoms with van der Waals surface area (Å²) < 4.78 is 17.3. The van der Waals surface area contributed by atoms with Crippen LogP contribution in [0, 0.1) is 0 Å². The van der Waals surface area contributed by atoms with E-state index >= 15 is 0 Å². The molecule has 1 heterocycles. The number of nitrogens with zero attached hydrogens (tertiary/aromatic N) is 1. The van der Waals surface area contributed by atoms with E-state index in [1.54, 1.807) is 4.90 Å². The molecular formula is C15H21FN2O2. The van der Waals surface area contributed by atoms with Gasteiger partial charge >= 0.3 is 6.09 Å². The summed E-state index contributed by atoms with van der Waals surface area (Å²) >= 11 is 0. The molecule has 1 atom stereocenters. The quantitative estimate of drug-likeness (QED) is 0.813. The molecule has 0 radical (unpaired) electrons. The third kappa shape index (κ3) is 4.49. The second kappa shape index (κ2) is 7.85. The Morgan fingerprint density at radius 3 is 2.95 bits per heavy atom. The van der Waals surface area contributed by atoms with E-state index in [9.17, 15) is 9.18 Å². The number of hydrogen-bond donors (Lipinski definition) is 1. The topological polar surface area (TPSA) is 41.6 Å². The molecular weight excluding hydrogens is 259 g/mol. The van der Waals surface area contributed by atoms with Gasteiger partial charge in [-0.05, 0) is 24.9 Å². The molecule has 2 rings (SSSR count). The molecule has 0 aromatic heterocycles. The fraction of sp³-hybridized carbons (Fsp3) is 0.533. The Balaban J connectivity index is 1.69. The highest BCUT2D eigenvalue weighted by Gasteiger charge is 2.26. The van der Waals surface area contributed by atoms with Gasteiger partial charge in [-0.1, -0.05) is 30.3 Å². The first-order chi connectivity index (χ1) is 9.79. The van der Waals surface area contributed by atoms with Crippen LogP contribution in [0.2, 0.25) is 0 Å². The van der Waals surface area contributed by atoms with E-state index in [4.69, 9.17) is 4.74 Å². The van der Waals surface area contributed by atoms with Gasteiger partial charge in [0.1, 0.15) is 6.61 Å². The van der Waals surface area contributed by atoms with Crippen LogP contribution < -0.4 is 5.32 Å². The van der Waals surface area contributed by atoms with Crippen LogP contribution in [0.15, 0.2) is 30.3 Å². The molecule has 0 spiro atoms. The highest BCUT2D eigenvalue weighted by atomic mass is 19.1. The minimum Gasteiger partial charge on any atom is -0.445 e. The van der Waals surface area contributed by atoms with Gasteiger partial charge in [0, 0.05) is 19.1 Å². The molecule has 4 nitrogen and oxygen atoms in total. The molecule has 1 N–H and O–H groups in total. The van der Waals surface area contributed by atoms with Gasteiger partial charge in [0.15, 0.2) is 0 Å². The number of benzene rings is 1. The van der Waals surface area contributed by atoms with Crippen molar-refractivity contribution in [2.24, 2.45) is 0 Å². The molecule has 1 amide bonds. The molecule has 0 saturated carbocycles. The van der Waals surface area contributed by atoms with Gasteiger partial charge in [-0.2, -0.15) is 0 Å². The number of carbonyl (C=O) groups excluding carboxylic acids is 1. The fourth-order valence-corrected chi connectivity index (χ4v) is 2.28. The van der Waals surface area contributed by atoms with Crippen LogP contribution >= 0.6 is 0 Å². The Bertz CT molecular complexity index is 414.